The van der Waals surface area contributed by atoms with Crippen LogP contribution in [0.5, 0.6) is 0 Å². The second-order valence-electron chi connectivity index (χ2n) is 9.91. The number of Topliss-reactive ketones (excluding diaryl/α,β-unsaturated/α-hetero) is 3. The molecule has 0 amide bonds. The van der Waals surface area contributed by atoms with Gasteiger partial charge in [0, 0.05) is 108 Å². The fraction of sp³-hybridized carbons (Fsp3) is 0.171. The molecule has 0 N–H and O–H groups in total. The van der Waals surface area contributed by atoms with E-state index in [-0.39, 0.29) is 95.6 Å². The van der Waals surface area contributed by atoms with E-state index in [9.17, 15) is 14.4 Å². The predicted octanol–water partition coefficient (Wildman–Crippen LogP) is 7.41. The standard InChI is InChI=1S/C35H33NO3.2Y/c1-25(34(38)30-16-14-27(15-17-30)26-10-6-4-7-11-26)24-31(35(39)29-12-8-5-9-13-29)20-23-33(37)28-18-21-32(22-19-28)36(2)3;;/h4-19,21-23,25,31H,1,20,24H2,2-3H3;;/q-2;;. The van der Waals surface area contributed by atoms with Gasteiger partial charge in [-0.1, -0.05) is 110 Å². The Morgan fingerprint density at radius 2 is 1.15 bits per heavy atom. The van der Waals surface area contributed by atoms with E-state index in [0.29, 0.717) is 16.7 Å². The second-order valence-corrected chi connectivity index (χ2v) is 9.91. The Balaban J connectivity index is 0.00000294. The summed E-state index contributed by atoms with van der Waals surface area (Å²) >= 11 is 0. The van der Waals surface area contributed by atoms with Crippen molar-refractivity contribution in [2.24, 2.45) is 11.8 Å². The summed E-state index contributed by atoms with van der Waals surface area (Å²) in [7, 11) is 3.88. The van der Waals surface area contributed by atoms with E-state index in [2.05, 4.69) is 6.92 Å². The van der Waals surface area contributed by atoms with Gasteiger partial charge in [-0.3, -0.25) is 9.59 Å². The van der Waals surface area contributed by atoms with Crippen molar-refractivity contribution < 1.29 is 79.8 Å². The van der Waals surface area contributed by atoms with Crippen LogP contribution in [0, 0.1) is 25.2 Å². The molecule has 2 atom stereocenters. The van der Waals surface area contributed by atoms with Gasteiger partial charge in [0.1, 0.15) is 5.78 Å². The van der Waals surface area contributed by atoms with Crippen LogP contribution in [0.4, 0.5) is 5.69 Å². The quantitative estimate of drug-likeness (QED) is 0.115. The van der Waals surface area contributed by atoms with Crippen molar-refractivity contribution in [2.45, 2.75) is 12.8 Å². The summed E-state index contributed by atoms with van der Waals surface area (Å²) in [5.41, 5.74) is 4.78. The third-order valence-corrected chi connectivity index (χ3v) is 6.90. The first-order valence-electron chi connectivity index (χ1n) is 13.1. The van der Waals surface area contributed by atoms with Crippen LogP contribution in [0.2, 0.25) is 0 Å². The number of carbonyl (C=O) groups excluding carboxylic acids is 3. The molecule has 0 spiro atoms. The van der Waals surface area contributed by atoms with Gasteiger partial charge in [-0.2, -0.15) is 6.42 Å². The molecule has 6 heteroatoms. The maximum atomic E-state index is 13.4. The van der Waals surface area contributed by atoms with Crippen LogP contribution >= 0.6 is 0 Å². The average Bonchev–Trinajstić information content (AvgIpc) is 2.99. The van der Waals surface area contributed by atoms with Crippen molar-refractivity contribution in [2.75, 3.05) is 19.0 Å². The zero-order valence-electron chi connectivity index (χ0n) is 23.6. The number of anilines is 1. The minimum atomic E-state index is -0.631. The molecule has 0 bridgehead atoms. The third kappa shape index (κ3) is 9.65. The SMILES string of the molecule is [CH2-]C(CC(C[CH-]C(=O)c1ccc(N(C)C)cc1)C(=O)c1ccccc1)C(=O)c1ccc(-c2ccccc2)cc1.[Y].[Y]. The normalized spacial score (nSPS) is 11.7. The maximum Gasteiger partial charge on any atom is 0.164 e. The van der Waals surface area contributed by atoms with Crippen molar-refractivity contribution >= 4 is 23.0 Å². The molecule has 0 aliphatic heterocycles. The van der Waals surface area contributed by atoms with E-state index in [0.717, 1.165) is 16.8 Å². The molecule has 0 aromatic heterocycles. The largest absolute Gasteiger partial charge is 0.378 e. The molecule has 0 saturated carbocycles. The van der Waals surface area contributed by atoms with Gasteiger partial charge in [-0.05, 0) is 11.1 Å². The Morgan fingerprint density at radius 1 is 0.659 bits per heavy atom. The van der Waals surface area contributed by atoms with E-state index >= 15 is 0 Å². The number of benzene rings is 4. The molecule has 2 unspecified atom stereocenters. The summed E-state index contributed by atoms with van der Waals surface area (Å²) in [6.07, 6.45) is 2.03. The topological polar surface area (TPSA) is 54.5 Å². The summed E-state index contributed by atoms with van der Waals surface area (Å²) in [6.45, 7) is 4.12. The van der Waals surface area contributed by atoms with E-state index in [1.165, 1.54) is 0 Å². The van der Waals surface area contributed by atoms with Crippen LogP contribution in [0.3, 0.4) is 0 Å². The molecule has 0 aliphatic carbocycles. The minimum absolute atomic E-state index is 0. The number of nitrogens with zero attached hydrogens (tertiary/aromatic N) is 1. The van der Waals surface area contributed by atoms with Crippen LogP contribution < -0.4 is 4.90 Å². The Morgan fingerprint density at radius 3 is 1.71 bits per heavy atom. The maximum absolute atomic E-state index is 13.4. The van der Waals surface area contributed by atoms with E-state index in [1.807, 2.05) is 104 Å². The summed E-state index contributed by atoms with van der Waals surface area (Å²) < 4.78 is 0. The molecular formula is C35H33NO3Y2-2. The molecule has 2 radical (unpaired) electrons. The predicted molar refractivity (Wildman–Crippen MR) is 158 cm³/mol. The summed E-state index contributed by atoms with van der Waals surface area (Å²) in [5, 5.41) is 0. The Hall–Kier alpha value is -2.23. The third-order valence-electron chi connectivity index (χ3n) is 6.90. The summed E-state index contributed by atoms with van der Waals surface area (Å²) in [4.78, 5) is 41.6. The van der Waals surface area contributed by atoms with Gasteiger partial charge in [0.2, 0.25) is 0 Å². The number of hydrogen-bond donors (Lipinski definition) is 0. The van der Waals surface area contributed by atoms with E-state index in [1.54, 1.807) is 30.7 Å². The van der Waals surface area contributed by atoms with Crippen molar-refractivity contribution in [1.29, 1.82) is 0 Å². The molecule has 41 heavy (non-hydrogen) atoms. The smallest absolute Gasteiger partial charge is 0.164 e. The fourth-order valence-corrected chi connectivity index (χ4v) is 4.58. The van der Waals surface area contributed by atoms with Crippen molar-refractivity contribution in [1.82, 2.24) is 0 Å². The minimum Gasteiger partial charge on any atom is -0.378 e. The molecular weight excluding hydrogens is 660 g/mol. The number of carbonyl (C=O) groups is 3. The molecule has 204 valence electrons. The van der Waals surface area contributed by atoms with Crippen LogP contribution in [0.1, 0.15) is 43.9 Å². The van der Waals surface area contributed by atoms with Gasteiger partial charge >= 0.3 is 0 Å². The van der Waals surface area contributed by atoms with Crippen LogP contribution in [-0.4, -0.2) is 31.4 Å². The first-order chi connectivity index (χ1) is 18.8. The van der Waals surface area contributed by atoms with Gasteiger partial charge in [0.15, 0.2) is 5.78 Å². The van der Waals surface area contributed by atoms with Crippen LogP contribution in [0.15, 0.2) is 109 Å². The van der Waals surface area contributed by atoms with Crippen LogP contribution in [-0.2, 0) is 65.4 Å². The van der Waals surface area contributed by atoms with E-state index < -0.39 is 11.8 Å². The summed E-state index contributed by atoms with van der Waals surface area (Å²) in [6, 6.07) is 33.8. The molecule has 4 aromatic rings. The molecule has 4 nitrogen and oxygen atoms in total. The Bertz CT molecular complexity index is 1400. The molecule has 0 heterocycles. The Kier molecular flexibility index (Phi) is 14.5. The first-order valence-corrected chi connectivity index (χ1v) is 13.1. The summed E-state index contributed by atoms with van der Waals surface area (Å²) in [5.74, 6) is -1.54. The van der Waals surface area contributed by atoms with Gasteiger partial charge in [-0.25, -0.2) is 0 Å². The first kappa shape index (κ1) is 35.0. The number of hydrogen-bond acceptors (Lipinski definition) is 4. The number of ketones is 3. The van der Waals surface area contributed by atoms with Crippen molar-refractivity contribution in [3.8, 4) is 11.1 Å². The average molecular weight is 693 g/mol. The molecule has 0 fully saturated rings. The molecule has 4 rings (SSSR count). The van der Waals surface area contributed by atoms with Gasteiger partial charge < -0.3 is 16.6 Å². The van der Waals surface area contributed by atoms with Crippen molar-refractivity contribution in [3.63, 3.8) is 0 Å². The van der Waals surface area contributed by atoms with Crippen LogP contribution in [0.25, 0.3) is 11.1 Å². The van der Waals surface area contributed by atoms with E-state index in [4.69, 9.17) is 0 Å². The van der Waals surface area contributed by atoms with Gasteiger partial charge in [0.05, 0.1) is 0 Å². The van der Waals surface area contributed by atoms with Gasteiger partial charge in [0.25, 0.3) is 0 Å². The monoisotopic (exact) mass is 693 g/mol. The molecule has 0 aliphatic rings. The zero-order chi connectivity index (χ0) is 27.8. The van der Waals surface area contributed by atoms with Crippen molar-refractivity contribution in [3.05, 3.63) is 139 Å². The second kappa shape index (κ2) is 17.0. The number of rotatable bonds is 12. The zero-order valence-corrected chi connectivity index (χ0v) is 29.2. The Labute approximate surface area is 294 Å². The fourth-order valence-electron chi connectivity index (χ4n) is 4.58. The molecule has 0 saturated heterocycles. The van der Waals surface area contributed by atoms with Gasteiger partial charge in [-0.15, -0.1) is 23.6 Å². The molecule has 4 aromatic carbocycles.